The minimum absolute atomic E-state index is 0.00184. The quantitative estimate of drug-likeness (QED) is 0.647. The number of nitrogens with one attached hydrogen (secondary N) is 2. The van der Waals surface area contributed by atoms with Gasteiger partial charge in [-0.1, -0.05) is 28.1 Å². The minimum Gasteiger partial charge on any atom is -0.497 e. The second-order valence-electron chi connectivity index (χ2n) is 5.68. The Morgan fingerprint density at radius 1 is 1.22 bits per heavy atom. The van der Waals surface area contributed by atoms with E-state index in [1.165, 1.54) is 12.1 Å². The number of methoxy groups -OCH3 is 1. The molecule has 6 nitrogen and oxygen atoms in total. The third-order valence-corrected chi connectivity index (χ3v) is 4.23. The summed E-state index contributed by atoms with van der Waals surface area (Å²) >= 11 is 3.15. The Kier molecular flexibility index (Phi) is 5.66. The fourth-order valence-corrected chi connectivity index (χ4v) is 2.76. The molecule has 0 aliphatic carbocycles. The van der Waals surface area contributed by atoms with Gasteiger partial charge >= 0.3 is 0 Å². The van der Waals surface area contributed by atoms with E-state index >= 15 is 0 Å². The lowest BCUT2D eigenvalue weighted by atomic mass is 10.1. The summed E-state index contributed by atoms with van der Waals surface area (Å²) in [6.07, 6.45) is 0.326. The molecule has 0 saturated heterocycles. The molecular weight excluding hydrogens is 417 g/mol. The van der Waals surface area contributed by atoms with Crippen molar-refractivity contribution >= 4 is 27.5 Å². The molecule has 8 heteroatoms. The average molecular weight is 432 g/mol. The van der Waals surface area contributed by atoms with Crippen molar-refractivity contribution in [1.82, 2.24) is 9.97 Å². The Bertz CT molecular complexity index is 1040. The molecule has 0 bridgehead atoms. The number of amides is 1. The van der Waals surface area contributed by atoms with Crippen molar-refractivity contribution in [3.8, 4) is 5.75 Å². The van der Waals surface area contributed by atoms with Crippen LogP contribution in [0.5, 0.6) is 5.75 Å². The molecule has 1 amide bonds. The molecule has 0 aliphatic rings. The second kappa shape index (κ2) is 8.13. The lowest BCUT2D eigenvalue weighted by molar-refractivity contribution is 0.102. The average Bonchev–Trinajstić information content (AvgIpc) is 2.64. The third-order valence-electron chi connectivity index (χ3n) is 3.73. The number of carbonyl (C=O) groups is 1. The number of rotatable bonds is 5. The highest BCUT2D eigenvalue weighted by molar-refractivity contribution is 9.10. The number of aromatic nitrogens is 2. The number of benzene rings is 2. The lowest BCUT2D eigenvalue weighted by Gasteiger charge is -2.08. The number of halogens is 2. The molecule has 3 aromatic rings. The van der Waals surface area contributed by atoms with Gasteiger partial charge in [-0.2, -0.15) is 0 Å². The van der Waals surface area contributed by atoms with Crippen molar-refractivity contribution in [3.05, 3.63) is 86.3 Å². The van der Waals surface area contributed by atoms with Crippen molar-refractivity contribution in [2.75, 3.05) is 12.4 Å². The zero-order valence-electron chi connectivity index (χ0n) is 14.3. The molecule has 138 valence electrons. The van der Waals surface area contributed by atoms with Crippen LogP contribution in [0.2, 0.25) is 0 Å². The van der Waals surface area contributed by atoms with Gasteiger partial charge in [-0.3, -0.25) is 9.59 Å². The number of H-pyrrole nitrogens is 1. The van der Waals surface area contributed by atoms with E-state index in [4.69, 9.17) is 4.74 Å². The van der Waals surface area contributed by atoms with Crippen LogP contribution in [0.25, 0.3) is 0 Å². The predicted molar refractivity (Wildman–Crippen MR) is 103 cm³/mol. The molecule has 2 aromatic carbocycles. The van der Waals surface area contributed by atoms with Gasteiger partial charge in [-0.15, -0.1) is 0 Å². The molecule has 0 spiro atoms. The standard InChI is InChI=1S/C19H15BrFN3O3/c1-27-13-5-2-11(3-6-13)8-17-22-16(10-18(25)24-17)19(26)23-15-7-4-12(20)9-14(15)21/h2-7,9-10H,8H2,1H3,(H,23,26)(H,22,24,25). The monoisotopic (exact) mass is 431 g/mol. The largest absolute Gasteiger partial charge is 0.497 e. The lowest BCUT2D eigenvalue weighted by Crippen LogP contribution is -2.21. The molecule has 0 saturated carbocycles. The Morgan fingerprint density at radius 2 is 1.96 bits per heavy atom. The summed E-state index contributed by atoms with van der Waals surface area (Å²) < 4.78 is 19.5. The summed E-state index contributed by atoms with van der Waals surface area (Å²) in [5, 5.41) is 2.42. The van der Waals surface area contributed by atoms with Crippen LogP contribution in [-0.2, 0) is 6.42 Å². The number of nitrogens with zero attached hydrogens (tertiary/aromatic N) is 1. The fourth-order valence-electron chi connectivity index (χ4n) is 2.42. The Balaban J connectivity index is 1.81. The third kappa shape index (κ3) is 4.79. The molecule has 0 atom stereocenters. The first-order valence-corrected chi connectivity index (χ1v) is 8.73. The highest BCUT2D eigenvalue weighted by Gasteiger charge is 2.13. The van der Waals surface area contributed by atoms with E-state index in [-0.39, 0.29) is 11.4 Å². The van der Waals surface area contributed by atoms with Crippen LogP contribution in [-0.4, -0.2) is 23.0 Å². The van der Waals surface area contributed by atoms with Gasteiger partial charge in [0.05, 0.1) is 12.8 Å². The van der Waals surface area contributed by atoms with Crippen LogP contribution in [0, 0.1) is 5.82 Å². The number of hydrogen-bond acceptors (Lipinski definition) is 4. The number of ether oxygens (including phenoxy) is 1. The maximum Gasteiger partial charge on any atom is 0.274 e. The van der Waals surface area contributed by atoms with Crippen molar-refractivity contribution in [2.24, 2.45) is 0 Å². The Hall–Kier alpha value is -3.00. The summed E-state index contributed by atoms with van der Waals surface area (Å²) in [5.41, 5.74) is 0.331. The summed E-state index contributed by atoms with van der Waals surface area (Å²) in [5.74, 6) is -0.224. The van der Waals surface area contributed by atoms with E-state index in [9.17, 15) is 14.0 Å². The second-order valence-corrected chi connectivity index (χ2v) is 6.60. The van der Waals surface area contributed by atoms with Crippen molar-refractivity contribution in [1.29, 1.82) is 0 Å². The van der Waals surface area contributed by atoms with Gasteiger partial charge in [0.1, 0.15) is 23.1 Å². The van der Waals surface area contributed by atoms with Crippen LogP contribution >= 0.6 is 15.9 Å². The van der Waals surface area contributed by atoms with Crippen molar-refractivity contribution < 1.29 is 13.9 Å². The molecule has 0 aliphatic heterocycles. The van der Waals surface area contributed by atoms with Crippen molar-refractivity contribution in [3.63, 3.8) is 0 Å². The van der Waals surface area contributed by atoms with E-state index < -0.39 is 17.3 Å². The fraction of sp³-hybridized carbons (Fsp3) is 0.105. The molecule has 0 unspecified atom stereocenters. The number of aromatic amines is 1. The summed E-state index contributed by atoms with van der Waals surface area (Å²) in [6, 6.07) is 12.6. The maximum atomic E-state index is 13.9. The highest BCUT2D eigenvalue weighted by Crippen LogP contribution is 2.20. The van der Waals surface area contributed by atoms with Crippen LogP contribution in [0.3, 0.4) is 0 Å². The van der Waals surface area contributed by atoms with E-state index in [0.29, 0.717) is 22.5 Å². The first kappa shape index (κ1) is 18.8. The van der Waals surface area contributed by atoms with Gasteiger partial charge in [0.15, 0.2) is 0 Å². The molecule has 0 fully saturated rings. The zero-order valence-corrected chi connectivity index (χ0v) is 15.8. The van der Waals surface area contributed by atoms with E-state index in [0.717, 1.165) is 11.6 Å². The first-order valence-electron chi connectivity index (χ1n) is 7.94. The molecule has 1 heterocycles. The topological polar surface area (TPSA) is 84.1 Å². The molecule has 2 N–H and O–H groups in total. The highest BCUT2D eigenvalue weighted by atomic mass is 79.9. The molecular formula is C19H15BrFN3O3. The molecule has 0 radical (unpaired) electrons. The summed E-state index contributed by atoms with van der Waals surface area (Å²) in [4.78, 5) is 31.1. The van der Waals surface area contributed by atoms with E-state index in [1.54, 1.807) is 25.3 Å². The molecule has 27 heavy (non-hydrogen) atoms. The summed E-state index contributed by atoms with van der Waals surface area (Å²) in [6.45, 7) is 0. The number of hydrogen-bond donors (Lipinski definition) is 2. The summed E-state index contributed by atoms with van der Waals surface area (Å²) in [7, 11) is 1.57. The number of anilines is 1. The van der Waals surface area contributed by atoms with E-state index in [1.807, 2.05) is 12.1 Å². The normalized spacial score (nSPS) is 10.5. The zero-order chi connectivity index (χ0) is 19.4. The van der Waals surface area contributed by atoms with Crippen LogP contribution < -0.4 is 15.6 Å². The Labute approximate surface area is 162 Å². The van der Waals surface area contributed by atoms with E-state index in [2.05, 4.69) is 31.2 Å². The van der Waals surface area contributed by atoms with Gasteiger partial charge < -0.3 is 15.0 Å². The van der Waals surface area contributed by atoms with Crippen LogP contribution in [0.15, 0.2) is 57.8 Å². The number of carbonyl (C=O) groups excluding carboxylic acids is 1. The van der Waals surface area contributed by atoms with Crippen LogP contribution in [0.1, 0.15) is 21.9 Å². The smallest absolute Gasteiger partial charge is 0.274 e. The Morgan fingerprint density at radius 3 is 2.63 bits per heavy atom. The van der Waals surface area contributed by atoms with Crippen molar-refractivity contribution in [2.45, 2.75) is 6.42 Å². The van der Waals surface area contributed by atoms with Gasteiger partial charge in [-0.25, -0.2) is 9.37 Å². The minimum atomic E-state index is -0.668. The van der Waals surface area contributed by atoms with Gasteiger partial charge in [0.2, 0.25) is 0 Å². The first-order chi connectivity index (χ1) is 12.9. The van der Waals surface area contributed by atoms with Crippen LogP contribution in [0.4, 0.5) is 10.1 Å². The molecule has 1 aromatic heterocycles. The maximum absolute atomic E-state index is 13.9. The van der Waals surface area contributed by atoms with Gasteiger partial charge in [0, 0.05) is 17.0 Å². The van der Waals surface area contributed by atoms with Gasteiger partial charge in [-0.05, 0) is 35.9 Å². The predicted octanol–water partition coefficient (Wildman–Crippen LogP) is 3.52. The SMILES string of the molecule is COc1ccc(Cc2nc(C(=O)Nc3ccc(Br)cc3F)cc(=O)[nH]2)cc1. The van der Waals surface area contributed by atoms with Gasteiger partial charge in [0.25, 0.3) is 11.5 Å². The molecule has 3 rings (SSSR count).